The normalized spacial score (nSPS) is 11.7. The number of unbranched alkanes of at least 4 members (excludes halogenated alkanes) is 1. The van der Waals surface area contributed by atoms with Crippen LogP contribution in [0, 0.1) is 0 Å². The Kier molecular flexibility index (Phi) is 7.73. The Morgan fingerprint density at radius 3 is 2.62 bits per heavy atom. The molecule has 0 saturated carbocycles. The molecule has 0 spiro atoms. The fourth-order valence-corrected chi connectivity index (χ4v) is 2.70. The molecule has 1 heterocycles. The first kappa shape index (κ1) is 20.0. The zero-order chi connectivity index (χ0) is 18.9. The summed E-state index contributed by atoms with van der Waals surface area (Å²) in [6.45, 7) is 6.90. The highest BCUT2D eigenvalue weighted by Crippen LogP contribution is 2.37. The van der Waals surface area contributed by atoms with Gasteiger partial charge in [0.05, 0.1) is 24.3 Å². The Morgan fingerprint density at radius 1 is 1.23 bits per heavy atom. The molecule has 140 valence electrons. The summed E-state index contributed by atoms with van der Waals surface area (Å²) in [6, 6.07) is 6.87. The number of pyridine rings is 1. The van der Waals surface area contributed by atoms with Crippen LogP contribution < -0.4 is 14.8 Å². The van der Waals surface area contributed by atoms with Gasteiger partial charge in [-0.25, -0.2) is 0 Å². The number of aromatic nitrogens is 1. The Hall–Kier alpha value is -2.27. The summed E-state index contributed by atoms with van der Waals surface area (Å²) < 4.78 is 11.4. The Morgan fingerprint density at radius 2 is 1.96 bits per heavy atom. The molecule has 0 fully saturated rings. The van der Waals surface area contributed by atoms with Crippen molar-refractivity contribution in [3.05, 3.63) is 52.8 Å². The van der Waals surface area contributed by atoms with E-state index in [0.29, 0.717) is 35.3 Å². The molecule has 1 amide bonds. The second-order valence-electron chi connectivity index (χ2n) is 5.90. The lowest BCUT2D eigenvalue weighted by Crippen LogP contribution is -2.26. The van der Waals surface area contributed by atoms with Gasteiger partial charge in [-0.1, -0.05) is 24.9 Å². The molecule has 1 aromatic heterocycles. The van der Waals surface area contributed by atoms with Crippen molar-refractivity contribution in [1.29, 1.82) is 0 Å². The average Bonchev–Trinajstić information content (AvgIpc) is 2.64. The van der Waals surface area contributed by atoms with E-state index >= 15 is 0 Å². The largest absolute Gasteiger partial charge is 0.490 e. The topological polar surface area (TPSA) is 60.5 Å². The van der Waals surface area contributed by atoms with Crippen molar-refractivity contribution in [2.45, 2.75) is 39.7 Å². The fraction of sp³-hybridized carbons (Fsp3) is 0.400. The van der Waals surface area contributed by atoms with Crippen LogP contribution in [-0.4, -0.2) is 24.1 Å². The van der Waals surface area contributed by atoms with Gasteiger partial charge >= 0.3 is 0 Å². The zero-order valence-corrected chi connectivity index (χ0v) is 16.2. The summed E-state index contributed by atoms with van der Waals surface area (Å²) >= 11 is 6.35. The predicted molar refractivity (Wildman–Crippen MR) is 103 cm³/mol. The highest BCUT2D eigenvalue weighted by Gasteiger charge is 2.18. The van der Waals surface area contributed by atoms with Crippen LogP contribution in [0.4, 0.5) is 0 Å². The SMILES string of the molecule is CCCCOc1c(Cl)cc(C(=O)NC(C)c2ccncc2)cc1OCC. The molecule has 0 aliphatic carbocycles. The van der Waals surface area contributed by atoms with E-state index in [-0.39, 0.29) is 11.9 Å². The molecule has 0 aliphatic heterocycles. The first-order valence-electron chi connectivity index (χ1n) is 8.86. The van der Waals surface area contributed by atoms with Gasteiger partial charge < -0.3 is 14.8 Å². The molecule has 5 nitrogen and oxygen atoms in total. The lowest BCUT2D eigenvalue weighted by Gasteiger charge is -2.17. The number of amides is 1. The molecule has 0 saturated heterocycles. The average molecular weight is 377 g/mol. The molecular weight excluding hydrogens is 352 g/mol. The minimum absolute atomic E-state index is 0.153. The number of hydrogen-bond donors (Lipinski definition) is 1. The maximum atomic E-state index is 12.6. The summed E-state index contributed by atoms with van der Waals surface area (Å²) in [5.41, 5.74) is 1.41. The second kappa shape index (κ2) is 10.0. The third-order valence-corrected chi connectivity index (χ3v) is 4.15. The molecule has 1 atom stereocenters. The van der Waals surface area contributed by atoms with Gasteiger partial charge in [-0.15, -0.1) is 0 Å². The van der Waals surface area contributed by atoms with Crippen LogP contribution in [0.1, 0.15) is 55.6 Å². The van der Waals surface area contributed by atoms with Gasteiger partial charge in [-0.3, -0.25) is 9.78 Å². The van der Waals surface area contributed by atoms with E-state index in [9.17, 15) is 4.79 Å². The summed E-state index contributed by atoms with van der Waals surface area (Å²) in [7, 11) is 0. The molecule has 0 radical (unpaired) electrons. The van der Waals surface area contributed by atoms with E-state index in [1.807, 2.05) is 26.0 Å². The molecular formula is C20H25ClN2O3. The maximum Gasteiger partial charge on any atom is 0.251 e. The molecule has 0 bridgehead atoms. The van der Waals surface area contributed by atoms with Gasteiger partial charge in [-0.2, -0.15) is 0 Å². The number of halogens is 1. The van der Waals surface area contributed by atoms with Crippen LogP contribution in [0.2, 0.25) is 5.02 Å². The number of nitrogens with zero attached hydrogens (tertiary/aromatic N) is 1. The molecule has 6 heteroatoms. The first-order valence-corrected chi connectivity index (χ1v) is 9.24. The molecule has 1 unspecified atom stereocenters. The van der Waals surface area contributed by atoms with E-state index < -0.39 is 0 Å². The van der Waals surface area contributed by atoms with E-state index in [1.165, 1.54) is 0 Å². The zero-order valence-electron chi connectivity index (χ0n) is 15.4. The van der Waals surface area contributed by atoms with Crippen molar-refractivity contribution in [3.63, 3.8) is 0 Å². The summed E-state index contributed by atoms with van der Waals surface area (Å²) in [6.07, 6.45) is 5.34. The predicted octanol–water partition coefficient (Wildman–Crippen LogP) is 4.80. The van der Waals surface area contributed by atoms with Gasteiger partial charge in [0, 0.05) is 18.0 Å². The number of benzene rings is 1. The maximum absolute atomic E-state index is 12.6. The van der Waals surface area contributed by atoms with E-state index in [1.54, 1.807) is 24.5 Å². The quantitative estimate of drug-likeness (QED) is 0.638. The van der Waals surface area contributed by atoms with Gasteiger partial charge in [-0.05, 0) is 50.1 Å². The van der Waals surface area contributed by atoms with Crippen molar-refractivity contribution in [2.75, 3.05) is 13.2 Å². The standard InChI is InChI=1S/C20H25ClN2O3/c1-4-6-11-26-19-17(21)12-16(13-18(19)25-5-2)20(24)23-14(3)15-7-9-22-10-8-15/h7-10,12-14H,4-6,11H2,1-3H3,(H,23,24). The van der Waals surface area contributed by atoms with E-state index in [0.717, 1.165) is 18.4 Å². The molecule has 1 N–H and O–H groups in total. The van der Waals surface area contributed by atoms with Gasteiger partial charge in [0.2, 0.25) is 0 Å². The fourth-order valence-electron chi connectivity index (χ4n) is 2.44. The van der Waals surface area contributed by atoms with Crippen LogP contribution in [0.5, 0.6) is 11.5 Å². The first-order chi connectivity index (χ1) is 12.6. The van der Waals surface area contributed by atoms with Crippen LogP contribution in [0.25, 0.3) is 0 Å². The van der Waals surface area contributed by atoms with Crippen molar-refractivity contribution in [3.8, 4) is 11.5 Å². The molecule has 2 aromatic rings. The molecule has 26 heavy (non-hydrogen) atoms. The second-order valence-corrected chi connectivity index (χ2v) is 6.30. The highest BCUT2D eigenvalue weighted by atomic mass is 35.5. The minimum atomic E-state index is -0.225. The van der Waals surface area contributed by atoms with Gasteiger partial charge in [0.25, 0.3) is 5.91 Å². The van der Waals surface area contributed by atoms with Crippen LogP contribution >= 0.6 is 11.6 Å². The lowest BCUT2D eigenvalue weighted by atomic mass is 10.1. The summed E-state index contributed by atoms with van der Waals surface area (Å²) in [5, 5.41) is 3.33. The Bertz CT molecular complexity index is 722. The van der Waals surface area contributed by atoms with Crippen molar-refractivity contribution in [1.82, 2.24) is 10.3 Å². The third kappa shape index (κ3) is 5.36. The lowest BCUT2D eigenvalue weighted by molar-refractivity contribution is 0.0939. The molecule has 1 aromatic carbocycles. The van der Waals surface area contributed by atoms with Crippen LogP contribution in [0.3, 0.4) is 0 Å². The monoisotopic (exact) mass is 376 g/mol. The van der Waals surface area contributed by atoms with Crippen molar-refractivity contribution in [2.24, 2.45) is 0 Å². The summed E-state index contributed by atoms with van der Waals surface area (Å²) in [5.74, 6) is 0.746. The number of carbonyl (C=O) groups excluding carboxylic acids is 1. The summed E-state index contributed by atoms with van der Waals surface area (Å²) in [4.78, 5) is 16.6. The molecule has 0 aliphatic rings. The van der Waals surface area contributed by atoms with E-state index in [4.69, 9.17) is 21.1 Å². The number of rotatable bonds is 9. The number of nitrogens with one attached hydrogen (secondary N) is 1. The van der Waals surface area contributed by atoms with Crippen molar-refractivity contribution < 1.29 is 14.3 Å². The number of hydrogen-bond acceptors (Lipinski definition) is 4. The van der Waals surface area contributed by atoms with Crippen LogP contribution in [0.15, 0.2) is 36.7 Å². The van der Waals surface area contributed by atoms with Gasteiger partial charge in [0.1, 0.15) is 0 Å². The number of carbonyl (C=O) groups is 1. The Labute approximate surface area is 159 Å². The third-order valence-electron chi connectivity index (χ3n) is 3.87. The minimum Gasteiger partial charge on any atom is -0.490 e. The van der Waals surface area contributed by atoms with Crippen LogP contribution in [-0.2, 0) is 0 Å². The highest BCUT2D eigenvalue weighted by molar-refractivity contribution is 6.32. The Balaban J connectivity index is 2.18. The van der Waals surface area contributed by atoms with Gasteiger partial charge in [0.15, 0.2) is 11.5 Å². The van der Waals surface area contributed by atoms with E-state index in [2.05, 4.69) is 17.2 Å². The smallest absolute Gasteiger partial charge is 0.251 e. The number of ether oxygens (including phenoxy) is 2. The van der Waals surface area contributed by atoms with Crippen molar-refractivity contribution >= 4 is 17.5 Å². The molecule has 2 rings (SSSR count).